The molecule has 0 radical (unpaired) electrons. The number of nitrogens with one attached hydrogen (secondary N) is 1. The van der Waals surface area contributed by atoms with Gasteiger partial charge in [0.15, 0.2) is 11.5 Å². The van der Waals surface area contributed by atoms with Crippen LogP contribution in [0.15, 0.2) is 42.5 Å². The Bertz CT molecular complexity index is 1010. The van der Waals surface area contributed by atoms with Crippen molar-refractivity contribution in [2.24, 2.45) is 0 Å². The van der Waals surface area contributed by atoms with Gasteiger partial charge in [-0.15, -0.1) is 0 Å². The number of rotatable bonds is 13. The summed E-state index contributed by atoms with van der Waals surface area (Å²) in [5.41, 5.74) is 1.94. The Morgan fingerprint density at radius 2 is 1.59 bits per heavy atom. The van der Waals surface area contributed by atoms with E-state index in [4.69, 9.17) is 21.1 Å². The average molecular weight is 529 g/mol. The molecule has 202 valence electrons. The molecular formula is C30H41ClN2O4. The fourth-order valence-electron chi connectivity index (χ4n) is 4.90. The van der Waals surface area contributed by atoms with E-state index in [1.165, 1.54) is 6.42 Å². The highest BCUT2D eigenvalue weighted by atomic mass is 35.5. The van der Waals surface area contributed by atoms with Gasteiger partial charge in [0.25, 0.3) is 0 Å². The van der Waals surface area contributed by atoms with Gasteiger partial charge in [-0.25, -0.2) is 0 Å². The van der Waals surface area contributed by atoms with E-state index >= 15 is 0 Å². The van der Waals surface area contributed by atoms with E-state index in [1.54, 1.807) is 4.90 Å². The Hall–Kier alpha value is -2.73. The molecule has 37 heavy (non-hydrogen) atoms. The second-order valence-corrected chi connectivity index (χ2v) is 10.00. The Morgan fingerprint density at radius 3 is 2.24 bits per heavy atom. The summed E-state index contributed by atoms with van der Waals surface area (Å²) in [7, 11) is 0. The van der Waals surface area contributed by atoms with Gasteiger partial charge in [-0.1, -0.05) is 56.0 Å². The van der Waals surface area contributed by atoms with Crippen LogP contribution in [0.25, 0.3) is 0 Å². The van der Waals surface area contributed by atoms with Crippen LogP contribution in [-0.4, -0.2) is 42.0 Å². The van der Waals surface area contributed by atoms with Crippen LogP contribution in [0, 0.1) is 0 Å². The van der Waals surface area contributed by atoms with Crippen molar-refractivity contribution in [3.63, 3.8) is 0 Å². The van der Waals surface area contributed by atoms with E-state index in [1.807, 2.05) is 63.2 Å². The molecule has 1 saturated carbocycles. The Morgan fingerprint density at radius 1 is 0.946 bits per heavy atom. The molecule has 3 rings (SSSR count). The van der Waals surface area contributed by atoms with Crippen LogP contribution < -0.4 is 14.8 Å². The molecule has 0 spiro atoms. The summed E-state index contributed by atoms with van der Waals surface area (Å²) in [6.45, 7) is 7.29. The molecule has 0 aromatic heterocycles. The standard InChI is InChI=1S/C30H41ClN2O4/c1-4-26(30(35)32-25-10-8-7-9-11-25)33(21-23-12-16-24(31)17-13-23)29(34)19-15-22-14-18-27(36-5-2)28(20-22)37-6-3/h12-14,16-18,20,25-26H,4-11,15,19,21H2,1-3H3,(H,32,35)/t26-/m0/s1. The Labute approximate surface area is 226 Å². The maximum atomic E-state index is 13.6. The maximum Gasteiger partial charge on any atom is 0.243 e. The zero-order valence-corrected chi connectivity index (χ0v) is 23.2. The number of aryl methyl sites for hydroxylation is 1. The monoisotopic (exact) mass is 528 g/mol. The van der Waals surface area contributed by atoms with Crippen LogP contribution in [0.1, 0.15) is 76.8 Å². The van der Waals surface area contributed by atoms with Crippen LogP contribution >= 0.6 is 11.6 Å². The van der Waals surface area contributed by atoms with Gasteiger partial charge in [0, 0.05) is 24.0 Å². The first kappa shape index (κ1) is 28.8. The highest BCUT2D eigenvalue weighted by Crippen LogP contribution is 2.29. The Balaban J connectivity index is 1.76. The molecule has 2 aromatic carbocycles. The van der Waals surface area contributed by atoms with Crippen LogP contribution in [0.4, 0.5) is 0 Å². The van der Waals surface area contributed by atoms with Crippen molar-refractivity contribution in [1.82, 2.24) is 10.2 Å². The smallest absolute Gasteiger partial charge is 0.243 e. The quantitative estimate of drug-likeness (QED) is 0.330. The van der Waals surface area contributed by atoms with Crippen molar-refractivity contribution in [3.8, 4) is 11.5 Å². The maximum absolute atomic E-state index is 13.6. The van der Waals surface area contributed by atoms with Crippen molar-refractivity contribution in [3.05, 3.63) is 58.6 Å². The van der Waals surface area contributed by atoms with Crippen molar-refractivity contribution in [2.45, 2.75) is 90.8 Å². The van der Waals surface area contributed by atoms with Crippen molar-refractivity contribution < 1.29 is 19.1 Å². The number of benzene rings is 2. The summed E-state index contributed by atoms with van der Waals surface area (Å²) in [5, 5.41) is 3.87. The molecule has 0 heterocycles. The van der Waals surface area contributed by atoms with Gasteiger partial charge in [-0.05, 0) is 74.9 Å². The van der Waals surface area contributed by atoms with E-state index in [0.29, 0.717) is 55.5 Å². The molecule has 0 bridgehead atoms. The summed E-state index contributed by atoms with van der Waals surface area (Å²) >= 11 is 6.08. The van der Waals surface area contributed by atoms with Gasteiger partial charge < -0.3 is 19.7 Å². The molecule has 7 heteroatoms. The fraction of sp³-hybridized carbons (Fsp3) is 0.533. The zero-order chi connectivity index (χ0) is 26.6. The van der Waals surface area contributed by atoms with E-state index in [-0.39, 0.29) is 17.9 Å². The van der Waals surface area contributed by atoms with Crippen LogP contribution in [0.2, 0.25) is 5.02 Å². The van der Waals surface area contributed by atoms with Crippen molar-refractivity contribution in [1.29, 1.82) is 0 Å². The highest BCUT2D eigenvalue weighted by molar-refractivity contribution is 6.30. The lowest BCUT2D eigenvalue weighted by Gasteiger charge is -2.33. The minimum absolute atomic E-state index is 0.0487. The number of hydrogen-bond donors (Lipinski definition) is 1. The molecule has 1 N–H and O–H groups in total. The van der Waals surface area contributed by atoms with Gasteiger partial charge in [0.1, 0.15) is 6.04 Å². The van der Waals surface area contributed by atoms with E-state index in [9.17, 15) is 9.59 Å². The van der Waals surface area contributed by atoms with Crippen LogP contribution in [0.5, 0.6) is 11.5 Å². The lowest BCUT2D eigenvalue weighted by atomic mass is 9.95. The van der Waals surface area contributed by atoms with Crippen molar-refractivity contribution >= 4 is 23.4 Å². The minimum atomic E-state index is -0.524. The van der Waals surface area contributed by atoms with Gasteiger partial charge in [-0.2, -0.15) is 0 Å². The van der Waals surface area contributed by atoms with Crippen LogP contribution in [-0.2, 0) is 22.6 Å². The second kappa shape index (κ2) is 14.9. The number of halogens is 1. The molecule has 2 amide bonds. The molecule has 1 aliphatic carbocycles. The van der Waals surface area contributed by atoms with Gasteiger partial charge >= 0.3 is 0 Å². The van der Waals surface area contributed by atoms with E-state index in [2.05, 4.69) is 5.32 Å². The molecule has 2 aromatic rings. The third-order valence-electron chi connectivity index (χ3n) is 6.84. The number of amides is 2. The van der Waals surface area contributed by atoms with E-state index < -0.39 is 6.04 Å². The molecule has 1 fully saturated rings. The summed E-state index contributed by atoms with van der Waals surface area (Å²) in [5.74, 6) is 1.28. The molecule has 0 saturated heterocycles. The number of nitrogens with zero attached hydrogens (tertiary/aromatic N) is 1. The third-order valence-corrected chi connectivity index (χ3v) is 7.09. The van der Waals surface area contributed by atoms with Gasteiger partial charge in [-0.3, -0.25) is 9.59 Å². The Kier molecular flexibility index (Phi) is 11.6. The normalized spacial score (nSPS) is 14.6. The number of carbonyl (C=O) groups is 2. The first-order chi connectivity index (χ1) is 17.9. The third kappa shape index (κ3) is 8.67. The second-order valence-electron chi connectivity index (χ2n) is 9.56. The minimum Gasteiger partial charge on any atom is -0.490 e. The zero-order valence-electron chi connectivity index (χ0n) is 22.4. The molecule has 0 aliphatic heterocycles. The molecule has 0 unspecified atom stereocenters. The predicted molar refractivity (Wildman–Crippen MR) is 148 cm³/mol. The molecular weight excluding hydrogens is 488 g/mol. The molecule has 6 nitrogen and oxygen atoms in total. The first-order valence-electron chi connectivity index (χ1n) is 13.7. The van der Waals surface area contributed by atoms with Gasteiger partial charge in [0.2, 0.25) is 11.8 Å². The van der Waals surface area contributed by atoms with Gasteiger partial charge in [0.05, 0.1) is 13.2 Å². The number of carbonyl (C=O) groups excluding carboxylic acids is 2. The summed E-state index contributed by atoms with van der Waals surface area (Å²) < 4.78 is 11.4. The summed E-state index contributed by atoms with van der Waals surface area (Å²) in [6, 6.07) is 12.9. The highest BCUT2D eigenvalue weighted by Gasteiger charge is 2.30. The number of hydrogen-bond acceptors (Lipinski definition) is 4. The first-order valence-corrected chi connectivity index (χ1v) is 14.1. The average Bonchev–Trinajstić information content (AvgIpc) is 2.90. The number of ether oxygens (including phenoxy) is 2. The lowest BCUT2D eigenvalue weighted by molar-refractivity contribution is -0.141. The molecule has 1 aliphatic rings. The summed E-state index contributed by atoms with van der Waals surface area (Å²) in [6.07, 6.45) is 6.91. The molecule has 1 atom stereocenters. The van der Waals surface area contributed by atoms with Crippen molar-refractivity contribution in [2.75, 3.05) is 13.2 Å². The summed E-state index contributed by atoms with van der Waals surface area (Å²) in [4.78, 5) is 28.7. The SMILES string of the molecule is CCOc1ccc(CCC(=O)N(Cc2ccc(Cl)cc2)[C@@H](CC)C(=O)NC2CCCCC2)cc1OCC. The lowest BCUT2D eigenvalue weighted by Crippen LogP contribution is -2.51. The topological polar surface area (TPSA) is 67.9 Å². The van der Waals surface area contributed by atoms with Crippen LogP contribution in [0.3, 0.4) is 0 Å². The fourth-order valence-corrected chi connectivity index (χ4v) is 5.02. The van der Waals surface area contributed by atoms with E-state index in [0.717, 1.165) is 36.8 Å². The largest absolute Gasteiger partial charge is 0.490 e. The predicted octanol–water partition coefficient (Wildman–Crippen LogP) is 6.33.